The maximum atomic E-state index is 5.41. The molecule has 0 saturated carbocycles. The summed E-state index contributed by atoms with van der Waals surface area (Å²) in [6.45, 7) is 1.62. The number of hydrogen-bond acceptors (Lipinski definition) is 4. The van der Waals surface area contributed by atoms with Crippen LogP contribution in [0.3, 0.4) is 0 Å². The molecule has 4 heteroatoms. The van der Waals surface area contributed by atoms with Crippen molar-refractivity contribution in [3.8, 4) is 0 Å². The van der Waals surface area contributed by atoms with Gasteiger partial charge in [-0.05, 0) is 25.1 Å². The molecule has 74 valence electrons. The van der Waals surface area contributed by atoms with Gasteiger partial charge >= 0.3 is 0 Å². The van der Waals surface area contributed by atoms with Gasteiger partial charge in [-0.1, -0.05) is 23.5 Å². The van der Waals surface area contributed by atoms with Crippen LogP contribution < -0.4 is 11.1 Å². The number of para-hydroxylation sites is 1. The van der Waals surface area contributed by atoms with Crippen molar-refractivity contribution in [2.45, 2.75) is 6.42 Å². The second-order valence-corrected chi connectivity index (χ2v) is 4.09. The van der Waals surface area contributed by atoms with Gasteiger partial charge in [-0.25, -0.2) is 4.98 Å². The third kappa shape index (κ3) is 2.02. The number of benzene rings is 1. The van der Waals surface area contributed by atoms with Crippen molar-refractivity contribution in [1.29, 1.82) is 0 Å². The maximum Gasteiger partial charge on any atom is 0.183 e. The Balaban J connectivity index is 2.11. The maximum absolute atomic E-state index is 5.41. The van der Waals surface area contributed by atoms with E-state index in [1.807, 2.05) is 18.2 Å². The Morgan fingerprint density at radius 3 is 3.00 bits per heavy atom. The van der Waals surface area contributed by atoms with Crippen LogP contribution in [0.2, 0.25) is 0 Å². The normalized spacial score (nSPS) is 10.6. The molecule has 3 N–H and O–H groups in total. The number of nitrogens with zero attached hydrogens (tertiary/aromatic N) is 1. The summed E-state index contributed by atoms with van der Waals surface area (Å²) in [6, 6.07) is 8.15. The summed E-state index contributed by atoms with van der Waals surface area (Å²) in [4.78, 5) is 4.45. The number of nitrogens with two attached hydrogens (primary N) is 1. The molecule has 1 aromatic carbocycles. The van der Waals surface area contributed by atoms with Gasteiger partial charge in [0, 0.05) is 6.54 Å². The van der Waals surface area contributed by atoms with Gasteiger partial charge in [-0.2, -0.15) is 0 Å². The summed E-state index contributed by atoms with van der Waals surface area (Å²) in [6.07, 6.45) is 0.982. The molecule has 0 aliphatic carbocycles. The average Bonchev–Trinajstić information content (AvgIpc) is 2.60. The smallest absolute Gasteiger partial charge is 0.183 e. The van der Waals surface area contributed by atoms with Crippen LogP contribution in [-0.2, 0) is 0 Å². The molecule has 1 aromatic heterocycles. The minimum atomic E-state index is 0.720. The first-order valence-corrected chi connectivity index (χ1v) is 5.51. The zero-order valence-corrected chi connectivity index (χ0v) is 8.68. The molecule has 0 amide bonds. The summed E-state index contributed by atoms with van der Waals surface area (Å²) in [5.74, 6) is 0. The van der Waals surface area contributed by atoms with Crippen LogP contribution in [0.1, 0.15) is 6.42 Å². The highest BCUT2D eigenvalue weighted by Gasteiger charge is 2.00. The van der Waals surface area contributed by atoms with E-state index in [1.165, 1.54) is 4.70 Å². The van der Waals surface area contributed by atoms with Gasteiger partial charge in [0.05, 0.1) is 10.2 Å². The Hall–Kier alpha value is -1.13. The van der Waals surface area contributed by atoms with Gasteiger partial charge in [-0.15, -0.1) is 0 Å². The fourth-order valence-electron chi connectivity index (χ4n) is 1.25. The van der Waals surface area contributed by atoms with E-state index in [0.717, 1.165) is 30.2 Å². The van der Waals surface area contributed by atoms with Crippen molar-refractivity contribution in [1.82, 2.24) is 4.98 Å². The largest absolute Gasteiger partial charge is 0.361 e. The van der Waals surface area contributed by atoms with Gasteiger partial charge in [0.25, 0.3) is 0 Å². The second-order valence-electron chi connectivity index (χ2n) is 3.06. The lowest BCUT2D eigenvalue weighted by Gasteiger charge is -1.98. The number of thiazole rings is 1. The zero-order valence-electron chi connectivity index (χ0n) is 7.86. The molecule has 2 aromatic rings. The van der Waals surface area contributed by atoms with Crippen molar-refractivity contribution < 1.29 is 0 Å². The molecule has 1 heterocycles. The average molecular weight is 207 g/mol. The monoisotopic (exact) mass is 207 g/mol. The van der Waals surface area contributed by atoms with E-state index < -0.39 is 0 Å². The molecule has 0 saturated heterocycles. The highest BCUT2D eigenvalue weighted by Crippen LogP contribution is 2.24. The SMILES string of the molecule is NCCCNc1nc2ccccc2s1. The number of rotatable bonds is 4. The van der Waals surface area contributed by atoms with Crippen molar-refractivity contribution in [3.05, 3.63) is 24.3 Å². The fraction of sp³-hybridized carbons (Fsp3) is 0.300. The predicted molar refractivity (Wildman–Crippen MR) is 61.8 cm³/mol. The summed E-state index contributed by atoms with van der Waals surface area (Å²) in [5.41, 5.74) is 6.47. The molecule has 0 aliphatic heterocycles. The van der Waals surface area contributed by atoms with E-state index in [4.69, 9.17) is 5.73 Å². The van der Waals surface area contributed by atoms with Crippen LogP contribution in [0.5, 0.6) is 0 Å². The molecule has 0 radical (unpaired) electrons. The van der Waals surface area contributed by atoms with E-state index in [9.17, 15) is 0 Å². The van der Waals surface area contributed by atoms with Crippen LogP contribution in [-0.4, -0.2) is 18.1 Å². The first kappa shape index (κ1) is 9.43. The Morgan fingerprint density at radius 2 is 2.21 bits per heavy atom. The van der Waals surface area contributed by atoms with Gasteiger partial charge in [0.15, 0.2) is 5.13 Å². The molecule has 2 rings (SSSR count). The lowest BCUT2D eigenvalue weighted by Crippen LogP contribution is -2.07. The van der Waals surface area contributed by atoms with Gasteiger partial charge in [-0.3, -0.25) is 0 Å². The Kier molecular flexibility index (Phi) is 2.96. The van der Waals surface area contributed by atoms with E-state index in [2.05, 4.69) is 16.4 Å². The topological polar surface area (TPSA) is 50.9 Å². The number of nitrogens with one attached hydrogen (secondary N) is 1. The highest BCUT2D eigenvalue weighted by atomic mass is 32.1. The van der Waals surface area contributed by atoms with Crippen LogP contribution in [0.25, 0.3) is 10.2 Å². The van der Waals surface area contributed by atoms with Gasteiger partial charge in [0.1, 0.15) is 0 Å². The number of fused-ring (bicyclic) bond motifs is 1. The number of aromatic nitrogens is 1. The molecule has 0 bridgehead atoms. The number of anilines is 1. The summed E-state index contributed by atoms with van der Waals surface area (Å²) in [7, 11) is 0. The Morgan fingerprint density at radius 1 is 1.36 bits per heavy atom. The standard InChI is InChI=1S/C10H13N3S/c11-6-3-7-12-10-13-8-4-1-2-5-9(8)14-10/h1-2,4-5H,3,6-7,11H2,(H,12,13). The van der Waals surface area contributed by atoms with Crippen molar-refractivity contribution in [2.75, 3.05) is 18.4 Å². The second kappa shape index (κ2) is 4.39. The van der Waals surface area contributed by atoms with Crippen LogP contribution in [0.4, 0.5) is 5.13 Å². The Labute approximate surface area is 87.0 Å². The Bertz CT molecular complexity index is 377. The molecule has 0 aliphatic rings. The molecule has 0 unspecified atom stereocenters. The molecule has 0 fully saturated rings. The first-order chi connectivity index (χ1) is 6.90. The number of hydrogen-bond donors (Lipinski definition) is 2. The van der Waals surface area contributed by atoms with Gasteiger partial charge in [0.2, 0.25) is 0 Å². The van der Waals surface area contributed by atoms with Crippen molar-refractivity contribution in [2.24, 2.45) is 5.73 Å². The summed E-state index contributed by atoms with van der Waals surface area (Å²) >= 11 is 1.68. The molecular formula is C10H13N3S. The van der Waals surface area contributed by atoms with Gasteiger partial charge < -0.3 is 11.1 Å². The minimum Gasteiger partial charge on any atom is -0.361 e. The molecule has 14 heavy (non-hydrogen) atoms. The quantitative estimate of drug-likeness (QED) is 0.754. The lowest BCUT2D eigenvalue weighted by atomic mass is 10.3. The minimum absolute atomic E-state index is 0.720. The summed E-state index contributed by atoms with van der Waals surface area (Å²) < 4.78 is 1.22. The molecule has 0 atom stereocenters. The van der Waals surface area contributed by atoms with Crippen LogP contribution in [0, 0.1) is 0 Å². The predicted octanol–water partition coefficient (Wildman–Crippen LogP) is 2.06. The fourth-order valence-corrected chi connectivity index (χ4v) is 2.14. The van der Waals surface area contributed by atoms with E-state index in [1.54, 1.807) is 11.3 Å². The third-order valence-corrected chi connectivity index (χ3v) is 2.95. The molecular weight excluding hydrogens is 194 g/mol. The third-order valence-electron chi connectivity index (χ3n) is 1.95. The lowest BCUT2D eigenvalue weighted by molar-refractivity contribution is 0.873. The zero-order chi connectivity index (χ0) is 9.80. The van der Waals surface area contributed by atoms with E-state index in [0.29, 0.717) is 0 Å². The van der Waals surface area contributed by atoms with E-state index >= 15 is 0 Å². The molecule has 0 spiro atoms. The first-order valence-electron chi connectivity index (χ1n) is 4.69. The van der Waals surface area contributed by atoms with Crippen molar-refractivity contribution in [3.63, 3.8) is 0 Å². The van der Waals surface area contributed by atoms with Crippen LogP contribution in [0.15, 0.2) is 24.3 Å². The van der Waals surface area contributed by atoms with Crippen LogP contribution >= 0.6 is 11.3 Å². The molecule has 3 nitrogen and oxygen atoms in total. The van der Waals surface area contributed by atoms with Crippen molar-refractivity contribution >= 4 is 26.7 Å². The van der Waals surface area contributed by atoms with E-state index in [-0.39, 0.29) is 0 Å². The summed E-state index contributed by atoms with van der Waals surface area (Å²) in [5, 5.41) is 4.25. The highest BCUT2D eigenvalue weighted by molar-refractivity contribution is 7.22.